The summed E-state index contributed by atoms with van der Waals surface area (Å²) in [6.07, 6.45) is 5.26. The minimum absolute atomic E-state index is 0.481. The highest BCUT2D eigenvalue weighted by atomic mass is 35.5. The van der Waals surface area contributed by atoms with E-state index in [0.29, 0.717) is 5.15 Å². The lowest BCUT2D eigenvalue weighted by Gasteiger charge is -1.99. The van der Waals surface area contributed by atoms with E-state index in [1.165, 1.54) is 0 Å². The number of aromatic nitrogens is 1. The molecule has 0 unspecified atom stereocenters. The fraction of sp³-hybridized carbons (Fsp3) is 0. The van der Waals surface area contributed by atoms with Gasteiger partial charge in [0.2, 0.25) is 0 Å². The molecule has 0 saturated heterocycles. The van der Waals surface area contributed by atoms with Gasteiger partial charge in [0, 0.05) is 0 Å². The van der Waals surface area contributed by atoms with E-state index in [9.17, 15) is 0 Å². The molecule has 0 atom stereocenters. The maximum atomic E-state index is 5.75. The van der Waals surface area contributed by atoms with E-state index < -0.39 is 0 Å². The third-order valence-electron chi connectivity index (χ3n) is 1.53. The molecule has 0 aliphatic carbocycles. The van der Waals surface area contributed by atoms with Crippen molar-refractivity contribution in [3.63, 3.8) is 0 Å². The molecule has 0 aliphatic rings. The SMILES string of the molecule is C=C/C=C(\C=C)c1cccc(Cl)n1. The molecule has 13 heavy (non-hydrogen) atoms. The Kier molecular flexibility index (Phi) is 3.47. The molecule has 1 heterocycles. The standard InChI is InChI=1S/C11H10ClN/c1-3-6-9(4-2)10-7-5-8-11(12)13-10/h3-8H,1-2H2/b9-6+. The maximum Gasteiger partial charge on any atom is 0.129 e. The van der Waals surface area contributed by atoms with Crippen LogP contribution in [-0.4, -0.2) is 4.98 Å². The maximum absolute atomic E-state index is 5.75. The molecular formula is C11H10ClN. The first-order valence-corrected chi connectivity index (χ1v) is 4.24. The third-order valence-corrected chi connectivity index (χ3v) is 1.74. The van der Waals surface area contributed by atoms with Gasteiger partial charge in [0.25, 0.3) is 0 Å². The molecule has 0 bridgehead atoms. The lowest BCUT2D eigenvalue weighted by Crippen LogP contribution is -1.85. The topological polar surface area (TPSA) is 12.9 Å². The third kappa shape index (κ3) is 2.56. The molecule has 2 heteroatoms. The van der Waals surface area contributed by atoms with Crippen molar-refractivity contribution < 1.29 is 0 Å². The van der Waals surface area contributed by atoms with Gasteiger partial charge >= 0.3 is 0 Å². The first-order chi connectivity index (χ1) is 6.27. The summed E-state index contributed by atoms with van der Waals surface area (Å²) in [5, 5.41) is 0.481. The summed E-state index contributed by atoms with van der Waals surface area (Å²) < 4.78 is 0. The summed E-state index contributed by atoms with van der Waals surface area (Å²) in [7, 11) is 0. The quantitative estimate of drug-likeness (QED) is 0.527. The van der Waals surface area contributed by atoms with Crippen molar-refractivity contribution in [1.29, 1.82) is 0 Å². The number of nitrogens with zero attached hydrogens (tertiary/aromatic N) is 1. The zero-order valence-electron chi connectivity index (χ0n) is 7.20. The molecule has 1 aromatic rings. The smallest absolute Gasteiger partial charge is 0.129 e. The summed E-state index contributed by atoms with van der Waals surface area (Å²) in [4.78, 5) is 4.14. The Morgan fingerprint density at radius 1 is 1.38 bits per heavy atom. The first-order valence-electron chi connectivity index (χ1n) is 3.86. The van der Waals surface area contributed by atoms with Crippen molar-refractivity contribution in [2.24, 2.45) is 0 Å². The molecule has 1 nitrogen and oxygen atoms in total. The summed E-state index contributed by atoms with van der Waals surface area (Å²) in [6.45, 7) is 7.30. The van der Waals surface area contributed by atoms with E-state index >= 15 is 0 Å². The second-order valence-corrected chi connectivity index (χ2v) is 2.79. The first kappa shape index (κ1) is 9.75. The molecule has 0 radical (unpaired) electrons. The minimum atomic E-state index is 0.481. The van der Waals surface area contributed by atoms with Crippen LogP contribution in [0.2, 0.25) is 5.15 Å². The molecule has 0 fully saturated rings. The predicted molar refractivity (Wildman–Crippen MR) is 57.6 cm³/mol. The van der Waals surface area contributed by atoms with E-state index in [4.69, 9.17) is 11.6 Å². The van der Waals surface area contributed by atoms with Crippen molar-refractivity contribution in [1.82, 2.24) is 4.98 Å². The van der Waals surface area contributed by atoms with Crippen LogP contribution < -0.4 is 0 Å². The molecule has 1 aromatic heterocycles. The van der Waals surface area contributed by atoms with Gasteiger partial charge in [-0.15, -0.1) is 0 Å². The largest absolute Gasteiger partial charge is 0.236 e. The van der Waals surface area contributed by atoms with Gasteiger partial charge in [-0.3, -0.25) is 0 Å². The Hall–Kier alpha value is -1.34. The van der Waals surface area contributed by atoms with Crippen LogP contribution in [0, 0.1) is 0 Å². The Balaban J connectivity index is 3.12. The Bertz CT molecular complexity index is 353. The monoisotopic (exact) mass is 191 g/mol. The predicted octanol–water partition coefficient (Wildman–Crippen LogP) is 3.49. The molecule has 0 aromatic carbocycles. The van der Waals surface area contributed by atoms with Crippen molar-refractivity contribution in [2.45, 2.75) is 0 Å². The van der Waals surface area contributed by atoms with Gasteiger partial charge in [-0.2, -0.15) is 0 Å². The van der Waals surface area contributed by atoms with Gasteiger partial charge in [0.05, 0.1) is 5.69 Å². The van der Waals surface area contributed by atoms with E-state index in [1.54, 1.807) is 18.2 Å². The Morgan fingerprint density at radius 2 is 2.15 bits per heavy atom. The summed E-state index contributed by atoms with van der Waals surface area (Å²) in [5.41, 5.74) is 1.72. The zero-order valence-corrected chi connectivity index (χ0v) is 7.96. The number of rotatable bonds is 3. The van der Waals surface area contributed by atoms with Crippen molar-refractivity contribution in [3.8, 4) is 0 Å². The highest BCUT2D eigenvalue weighted by Gasteiger charge is 1.97. The fourth-order valence-electron chi connectivity index (χ4n) is 0.954. The lowest BCUT2D eigenvalue weighted by atomic mass is 10.1. The van der Waals surface area contributed by atoms with Crippen LogP contribution in [0.25, 0.3) is 5.57 Å². The number of hydrogen-bond acceptors (Lipinski definition) is 1. The van der Waals surface area contributed by atoms with Gasteiger partial charge in [-0.05, 0) is 17.7 Å². The van der Waals surface area contributed by atoms with Gasteiger partial charge in [0.1, 0.15) is 5.15 Å². The van der Waals surface area contributed by atoms with Crippen LogP contribution in [0.15, 0.2) is 49.6 Å². The van der Waals surface area contributed by atoms with Crippen LogP contribution in [0.4, 0.5) is 0 Å². The second-order valence-electron chi connectivity index (χ2n) is 2.41. The van der Waals surface area contributed by atoms with Crippen LogP contribution in [0.1, 0.15) is 5.69 Å². The molecule has 0 amide bonds. The normalized spacial score (nSPS) is 11.0. The average Bonchev–Trinajstić information content (AvgIpc) is 2.14. The van der Waals surface area contributed by atoms with Crippen LogP contribution in [-0.2, 0) is 0 Å². The minimum Gasteiger partial charge on any atom is -0.236 e. The number of pyridine rings is 1. The molecule has 1 rings (SSSR count). The molecule has 0 saturated carbocycles. The highest BCUT2D eigenvalue weighted by Crippen LogP contribution is 2.15. The van der Waals surface area contributed by atoms with Crippen LogP contribution in [0.5, 0.6) is 0 Å². The molecule has 0 spiro atoms. The lowest BCUT2D eigenvalue weighted by molar-refractivity contribution is 1.28. The van der Waals surface area contributed by atoms with Gasteiger partial charge in [-0.25, -0.2) is 4.98 Å². The van der Waals surface area contributed by atoms with Crippen molar-refractivity contribution in [3.05, 3.63) is 60.4 Å². The second kappa shape index (κ2) is 4.63. The fourth-order valence-corrected chi connectivity index (χ4v) is 1.12. The van der Waals surface area contributed by atoms with E-state index in [2.05, 4.69) is 18.1 Å². The molecular weight excluding hydrogens is 182 g/mol. The van der Waals surface area contributed by atoms with E-state index in [1.807, 2.05) is 18.2 Å². The Labute approximate surface area is 83.1 Å². The van der Waals surface area contributed by atoms with Gasteiger partial charge in [-0.1, -0.05) is 49.1 Å². The average molecular weight is 192 g/mol. The number of hydrogen-bond donors (Lipinski definition) is 0. The Morgan fingerprint density at radius 3 is 2.69 bits per heavy atom. The summed E-state index contributed by atoms with van der Waals surface area (Å²) in [5.74, 6) is 0. The van der Waals surface area contributed by atoms with Crippen molar-refractivity contribution >= 4 is 17.2 Å². The van der Waals surface area contributed by atoms with Crippen molar-refractivity contribution in [2.75, 3.05) is 0 Å². The number of halogens is 1. The summed E-state index contributed by atoms with van der Waals surface area (Å²) >= 11 is 5.75. The summed E-state index contributed by atoms with van der Waals surface area (Å²) in [6, 6.07) is 5.47. The van der Waals surface area contributed by atoms with E-state index in [0.717, 1.165) is 11.3 Å². The highest BCUT2D eigenvalue weighted by molar-refractivity contribution is 6.29. The molecule has 0 N–H and O–H groups in total. The van der Waals surface area contributed by atoms with Gasteiger partial charge in [0.15, 0.2) is 0 Å². The number of allylic oxidation sites excluding steroid dienone is 4. The van der Waals surface area contributed by atoms with Gasteiger partial charge < -0.3 is 0 Å². The van der Waals surface area contributed by atoms with Crippen LogP contribution in [0.3, 0.4) is 0 Å². The van der Waals surface area contributed by atoms with E-state index in [-0.39, 0.29) is 0 Å². The van der Waals surface area contributed by atoms with Crippen LogP contribution >= 0.6 is 11.6 Å². The molecule has 0 aliphatic heterocycles. The molecule has 66 valence electrons. The zero-order chi connectivity index (χ0) is 9.68.